The molecule has 3 N–H and O–H groups in total. The number of hydrogen-bond acceptors (Lipinski definition) is 6. The lowest BCUT2D eigenvalue weighted by Crippen LogP contribution is -2.30. The molecule has 0 amide bonds. The molecule has 0 atom stereocenters. The van der Waals surface area contributed by atoms with E-state index in [9.17, 15) is 9.59 Å². The van der Waals surface area contributed by atoms with Gasteiger partial charge in [-0.3, -0.25) is 14.2 Å². The third-order valence-corrected chi connectivity index (χ3v) is 4.52. The van der Waals surface area contributed by atoms with Crippen LogP contribution >= 0.6 is 11.6 Å². The first-order valence-electron chi connectivity index (χ1n) is 8.92. The molecule has 0 aliphatic heterocycles. The van der Waals surface area contributed by atoms with Gasteiger partial charge in [-0.25, -0.2) is 4.98 Å². The molecule has 1 heterocycles. The first-order chi connectivity index (χ1) is 13.4. The van der Waals surface area contributed by atoms with E-state index in [1.54, 1.807) is 14.0 Å². The van der Waals surface area contributed by atoms with Crippen molar-refractivity contribution >= 4 is 23.4 Å². The number of halogens is 1. The molecule has 0 unspecified atom stereocenters. The van der Waals surface area contributed by atoms with Gasteiger partial charge < -0.3 is 20.5 Å². The van der Waals surface area contributed by atoms with Crippen LogP contribution in [0, 0.1) is 6.92 Å². The lowest BCUT2D eigenvalue weighted by Gasteiger charge is -2.12. The quantitative estimate of drug-likeness (QED) is 0.486. The van der Waals surface area contributed by atoms with E-state index in [2.05, 4.69) is 21.7 Å². The highest BCUT2D eigenvalue weighted by atomic mass is 35.5. The molecular weight excluding hydrogens is 384 g/mol. The predicted octanol–water partition coefficient (Wildman–Crippen LogP) is 1.68. The number of aliphatic carboxylic acids is 1. The van der Waals surface area contributed by atoms with Crippen LogP contribution < -0.4 is 16.2 Å². The molecule has 0 fully saturated rings. The van der Waals surface area contributed by atoms with Crippen LogP contribution in [0.3, 0.4) is 0 Å². The molecule has 1 aromatic heterocycles. The molecule has 28 heavy (non-hydrogen) atoms. The summed E-state index contributed by atoms with van der Waals surface area (Å²) in [5.74, 6) is -1.07. The first-order valence-corrected chi connectivity index (χ1v) is 9.30. The number of ether oxygens (including phenoxy) is 1. The standard InChI is InChI=1S/C19H25ClN4O4/c1-13-17(20)23-18(19(27)24(13)12-16(25)26)22-7-6-14-4-3-5-15(10-14)11-21-8-9-28-2/h3-5,10,21H,6-9,11-12H2,1-2H3,(H,22,23)(H,25,26). The van der Waals surface area contributed by atoms with E-state index in [4.69, 9.17) is 21.4 Å². The number of methoxy groups -OCH3 is 1. The van der Waals surface area contributed by atoms with E-state index in [1.165, 1.54) is 0 Å². The fourth-order valence-corrected chi connectivity index (χ4v) is 2.87. The Morgan fingerprint density at radius 2 is 2.07 bits per heavy atom. The van der Waals surface area contributed by atoms with Gasteiger partial charge in [0.1, 0.15) is 6.54 Å². The van der Waals surface area contributed by atoms with Crippen LogP contribution in [0.1, 0.15) is 16.8 Å². The van der Waals surface area contributed by atoms with Crippen molar-refractivity contribution in [3.63, 3.8) is 0 Å². The van der Waals surface area contributed by atoms with Gasteiger partial charge in [0.2, 0.25) is 0 Å². The summed E-state index contributed by atoms with van der Waals surface area (Å²) in [7, 11) is 1.67. The van der Waals surface area contributed by atoms with E-state index < -0.39 is 18.1 Å². The zero-order valence-electron chi connectivity index (χ0n) is 16.0. The Bertz CT molecular complexity index is 869. The molecule has 0 bridgehead atoms. The summed E-state index contributed by atoms with van der Waals surface area (Å²) < 4.78 is 6.11. The Balaban J connectivity index is 1.99. The van der Waals surface area contributed by atoms with Crippen molar-refractivity contribution in [3.8, 4) is 0 Å². The van der Waals surface area contributed by atoms with Gasteiger partial charge in [0.15, 0.2) is 11.0 Å². The van der Waals surface area contributed by atoms with Gasteiger partial charge in [-0.15, -0.1) is 0 Å². The number of benzene rings is 1. The van der Waals surface area contributed by atoms with Crippen LogP contribution in [-0.2, 0) is 29.0 Å². The Hall–Kier alpha value is -2.42. The van der Waals surface area contributed by atoms with Crippen LogP contribution in [0.4, 0.5) is 5.82 Å². The van der Waals surface area contributed by atoms with E-state index in [-0.39, 0.29) is 11.0 Å². The topological polar surface area (TPSA) is 105 Å². The molecule has 0 radical (unpaired) electrons. The minimum atomic E-state index is -1.12. The Morgan fingerprint density at radius 3 is 2.79 bits per heavy atom. The summed E-state index contributed by atoms with van der Waals surface area (Å²) in [5, 5.41) is 15.4. The van der Waals surface area contributed by atoms with Gasteiger partial charge in [0.25, 0.3) is 5.56 Å². The van der Waals surface area contributed by atoms with Gasteiger partial charge in [-0.2, -0.15) is 0 Å². The molecule has 9 heteroatoms. The second-order valence-corrected chi connectivity index (χ2v) is 6.65. The van der Waals surface area contributed by atoms with Crippen LogP contribution in [0.2, 0.25) is 5.15 Å². The van der Waals surface area contributed by atoms with Gasteiger partial charge >= 0.3 is 5.97 Å². The average molecular weight is 409 g/mol. The molecule has 152 valence electrons. The summed E-state index contributed by atoms with van der Waals surface area (Å²) in [5.41, 5.74) is 2.10. The molecule has 1 aromatic carbocycles. The van der Waals surface area contributed by atoms with Gasteiger partial charge in [0.05, 0.1) is 12.3 Å². The van der Waals surface area contributed by atoms with E-state index >= 15 is 0 Å². The van der Waals surface area contributed by atoms with E-state index in [0.717, 1.165) is 28.8 Å². The van der Waals surface area contributed by atoms with Crippen molar-refractivity contribution in [1.29, 1.82) is 0 Å². The smallest absolute Gasteiger partial charge is 0.323 e. The molecule has 0 spiro atoms. The molecule has 2 aromatic rings. The van der Waals surface area contributed by atoms with Crippen LogP contribution in [0.25, 0.3) is 0 Å². The molecule has 8 nitrogen and oxygen atoms in total. The molecule has 0 saturated carbocycles. The summed E-state index contributed by atoms with van der Waals surface area (Å²) in [6, 6.07) is 8.14. The van der Waals surface area contributed by atoms with E-state index in [1.807, 2.05) is 18.2 Å². The summed E-state index contributed by atoms with van der Waals surface area (Å²) in [6.07, 6.45) is 0.678. The van der Waals surface area contributed by atoms with E-state index in [0.29, 0.717) is 25.3 Å². The first kappa shape index (κ1) is 21.9. The normalized spacial score (nSPS) is 10.8. The monoisotopic (exact) mass is 408 g/mol. The number of carboxylic acid groups (broad SMARTS) is 1. The second-order valence-electron chi connectivity index (χ2n) is 6.29. The highest BCUT2D eigenvalue weighted by Crippen LogP contribution is 2.13. The number of nitrogens with one attached hydrogen (secondary N) is 2. The SMILES string of the molecule is COCCNCc1cccc(CCNc2nc(Cl)c(C)n(CC(=O)O)c2=O)c1. The van der Waals surface area contributed by atoms with Crippen LogP contribution in [0.5, 0.6) is 0 Å². The molecule has 2 rings (SSSR count). The van der Waals surface area contributed by atoms with Crippen molar-refractivity contribution in [1.82, 2.24) is 14.9 Å². The summed E-state index contributed by atoms with van der Waals surface area (Å²) >= 11 is 6.04. The fraction of sp³-hybridized carbons (Fsp3) is 0.421. The van der Waals surface area contributed by atoms with Crippen molar-refractivity contribution < 1.29 is 14.6 Å². The predicted molar refractivity (Wildman–Crippen MR) is 108 cm³/mol. The number of hydrogen-bond donors (Lipinski definition) is 3. The fourth-order valence-electron chi connectivity index (χ4n) is 2.69. The van der Waals surface area contributed by atoms with Gasteiger partial charge in [0, 0.05) is 26.7 Å². The lowest BCUT2D eigenvalue weighted by atomic mass is 10.1. The Morgan fingerprint density at radius 1 is 1.32 bits per heavy atom. The van der Waals surface area contributed by atoms with Crippen LogP contribution in [0.15, 0.2) is 29.1 Å². The molecule has 0 saturated heterocycles. The van der Waals surface area contributed by atoms with Crippen molar-refractivity contribution in [2.75, 3.05) is 32.1 Å². The highest BCUT2D eigenvalue weighted by Gasteiger charge is 2.14. The Kier molecular flexibility index (Phi) is 8.43. The summed E-state index contributed by atoms with van der Waals surface area (Å²) in [6.45, 7) is 3.77. The maximum atomic E-state index is 12.4. The zero-order chi connectivity index (χ0) is 20.5. The Labute approximate surface area is 168 Å². The number of aromatic nitrogens is 2. The summed E-state index contributed by atoms with van der Waals surface area (Å²) in [4.78, 5) is 27.5. The van der Waals surface area contributed by atoms with Gasteiger partial charge in [-0.05, 0) is 24.5 Å². The maximum Gasteiger partial charge on any atom is 0.323 e. The number of carboxylic acids is 1. The molecular formula is C19H25ClN4O4. The number of rotatable bonds is 11. The largest absolute Gasteiger partial charge is 0.480 e. The van der Waals surface area contributed by atoms with Crippen molar-refractivity contribution in [3.05, 3.63) is 56.6 Å². The number of anilines is 1. The number of carbonyl (C=O) groups is 1. The number of nitrogens with zero attached hydrogens (tertiary/aromatic N) is 2. The van der Waals surface area contributed by atoms with Crippen molar-refractivity contribution in [2.24, 2.45) is 0 Å². The minimum Gasteiger partial charge on any atom is -0.480 e. The minimum absolute atomic E-state index is 0.0502. The van der Waals surface area contributed by atoms with Crippen molar-refractivity contribution in [2.45, 2.75) is 26.4 Å². The zero-order valence-corrected chi connectivity index (χ0v) is 16.8. The average Bonchev–Trinajstić information content (AvgIpc) is 2.66. The molecule has 0 aliphatic rings. The lowest BCUT2D eigenvalue weighted by molar-refractivity contribution is -0.137. The van der Waals surface area contributed by atoms with Gasteiger partial charge in [-0.1, -0.05) is 35.9 Å². The maximum absolute atomic E-state index is 12.4. The molecule has 0 aliphatic carbocycles. The second kappa shape index (κ2) is 10.8. The third kappa shape index (κ3) is 6.33. The third-order valence-electron chi connectivity index (χ3n) is 4.16. The van der Waals surface area contributed by atoms with Crippen LogP contribution in [-0.4, -0.2) is 47.4 Å². The highest BCUT2D eigenvalue weighted by molar-refractivity contribution is 6.30.